The quantitative estimate of drug-likeness (QED) is 0.609. The highest BCUT2D eigenvalue weighted by molar-refractivity contribution is 5.85. The fourth-order valence-corrected chi connectivity index (χ4v) is 1.72. The lowest BCUT2D eigenvalue weighted by Gasteiger charge is -2.09. The van der Waals surface area contributed by atoms with E-state index in [1.807, 2.05) is 6.92 Å². The van der Waals surface area contributed by atoms with Crippen molar-refractivity contribution in [3.8, 4) is 0 Å². The number of amides is 1. The van der Waals surface area contributed by atoms with Gasteiger partial charge in [0.05, 0.1) is 0 Å². The van der Waals surface area contributed by atoms with Crippen LogP contribution in [0.1, 0.15) is 65.2 Å². The summed E-state index contributed by atoms with van der Waals surface area (Å²) in [6.45, 7) is 4.26. The van der Waals surface area contributed by atoms with Gasteiger partial charge < -0.3 is 5.73 Å². The number of unbranched alkanes of at least 4 members (excludes halogenated alkanes) is 5. The summed E-state index contributed by atoms with van der Waals surface area (Å²) in [6.07, 6.45) is 9.57. The summed E-state index contributed by atoms with van der Waals surface area (Å²) in [7, 11) is 0. The van der Waals surface area contributed by atoms with E-state index >= 15 is 0 Å². The number of hydrogen-bond acceptors (Lipinski definition) is 1. The molecule has 0 rings (SSSR count). The van der Waals surface area contributed by atoms with Gasteiger partial charge in [0.25, 0.3) is 0 Å². The molecule has 0 radical (unpaired) electrons. The zero-order chi connectivity index (χ0) is 10.8. The molecule has 1 amide bonds. The zero-order valence-corrected chi connectivity index (χ0v) is 10.9. The van der Waals surface area contributed by atoms with Gasteiger partial charge in [0.15, 0.2) is 0 Å². The first-order chi connectivity index (χ1) is 6.72. The summed E-state index contributed by atoms with van der Waals surface area (Å²) >= 11 is 0. The Kier molecular flexibility index (Phi) is 13.5. The van der Waals surface area contributed by atoms with Crippen LogP contribution >= 0.6 is 12.4 Å². The van der Waals surface area contributed by atoms with Crippen LogP contribution in [0.5, 0.6) is 0 Å². The van der Waals surface area contributed by atoms with Gasteiger partial charge in [-0.15, -0.1) is 12.4 Å². The van der Waals surface area contributed by atoms with Gasteiger partial charge in [-0.1, -0.05) is 52.4 Å². The number of carbonyl (C=O) groups excluding carboxylic acids is 1. The van der Waals surface area contributed by atoms with Gasteiger partial charge in [0.2, 0.25) is 5.91 Å². The van der Waals surface area contributed by atoms with E-state index in [-0.39, 0.29) is 24.2 Å². The highest BCUT2D eigenvalue weighted by Gasteiger charge is 2.11. The molecule has 15 heavy (non-hydrogen) atoms. The third kappa shape index (κ3) is 10.1. The number of halogens is 1. The van der Waals surface area contributed by atoms with Gasteiger partial charge in [-0.05, 0) is 12.8 Å². The van der Waals surface area contributed by atoms with Crippen LogP contribution in [-0.4, -0.2) is 5.91 Å². The van der Waals surface area contributed by atoms with Crippen LogP contribution < -0.4 is 5.73 Å². The minimum atomic E-state index is -0.124. The van der Waals surface area contributed by atoms with Crippen LogP contribution in [0.15, 0.2) is 0 Å². The average molecular weight is 236 g/mol. The maximum atomic E-state index is 10.9. The molecule has 0 aromatic carbocycles. The van der Waals surface area contributed by atoms with E-state index in [4.69, 9.17) is 5.73 Å². The van der Waals surface area contributed by atoms with Gasteiger partial charge in [-0.3, -0.25) is 4.79 Å². The van der Waals surface area contributed by atoms with Crippen molar-refractivity contribution in [3.63, 3.8) is 0 Å². The van der Waals surface area contributed by atoms with Crippen molar-refractivity contribution in [3.05, 3.63) is 0 Å². The molecule has 2 N–H and O–H groups in total. The number of primary amides is 1. The first-order valence-corrected chi connectivity index (χ1v) is 6.01. The molecule has 0 saturated heterocycles. The Bertz CT molecular complexity index is 151. The van der Waals surface area contributed by atoms with Gasteiger partial charge in [0, 0.05) is 5.92 Å². The maximum Gasteiger partial charge on any atom is 0.220 e. The summed E-state index contributed by atoms with van der Waals surface area (Å²) in [5, 5.41) is 0. The molecule has 92 valence electrons. The Morgan fingerprint density at radius 2 is 1.60 bits per heavy atom. The Hall–Kier alpha value is -0.240. The summed E-state index contributed by atoms with van der Waals surface area (Å²) in [4.78, 5) is 10.9. The molecule has 1 atom stereocenters. The van der Waals surface area contributed by atoms with Crippen LogP contribution in [0.2, 0.25) is 0 Å². The smallest absolute Gasteiger partial charge is 0.220 e. The topological polar surface area (TPSA) is 43.1 Å². The molecular weight excluding hydrogens is 210 g/mol. The second-order valence-electron chi connectivity index (χ2n) is 4.06. The normalized spacial score (nSPS) is 11.9. The molecule has 0 aliphatic carbocycles. The lowest BCUT2D eigenvalue weighted by Crippen LogP contribution is -2.22. The molecule has 0 aliphatic rings. The highest BCUT2D eigenvalue weighted by atomic mass is 35.5. The molecule has 0 bridgehead atoms. The summed E-state index contributed by atoms with van der Waals surface area (Å²) < 4.78 is 0. The molecule has 0 fully saturated rings. The standard InChI is InChI=1S/C12H25NO.ClH/c1-3-5-6-7-8-9-10-11(4-2)12(13)14;/h11H,3-10H2,1-2H3,(H2,13,14);1H. The van der Waals surface area contributed by atoms with Crippen molar-refractivity contribution in [2.45, 2.75) is 65.2 Å². The van der Waals surface area contributed by atoms with Crippen LogP contribution in [0.4, 0.5) is 0 Å². The van der Waals surface area contributed by atoms with Crippen molar-refractivity contribution in [1.29, 1.82) is 0 Å². The van der Waals surface area contributed by atoms with E-state index < -0.39 is 0 Å². The third-order valence-electron chi connectivity index (χ3n) is 2.80. The van der Waals surface area contributed by atoms with Crippen LogP contribution in [-0.2, 0) is 4.79 Å². The minimum Gasteiger partial charge on any atom is -0.369 e. The highest BCUT2D eigenvalue weighted by Crippen LogP contribution is 2.14. The SMILES string of the molecule is CCCCCCCCC(CC)C(N)=O.Cl. The van der Waals surface area contributed by atoms with Gasteiger partial charge in [-0.2, -0.15) is 0 Å². The van der Waals surface area contributed by atoms with Gasteiger partial charge in [-0.25, -0.2) is 0 Å². The molecule has 0 aliphatic heterocycles. The molecule has 0 aromatic heterocycles. The number of hydrogen-bond donors (Lipinski definition) is 1. The lowest BCUT2D eigenvalue weighted by molar-refractivity contribution is -0.122. The zero-order valence-electron chi connectivity index (χ0n) is 10.1. The van der Waals surface area contributed by atoms with Crippen molar-refractivity contribution in [1.82, 2.24) is 0 Å². The Balaban J connectivity index is 0. The van der Waals surface area contributed by atoms with E-state index in [2.05, 4.69) is 6.92 Å². The molecule has 0 aromatic rings. The lowest BCUT2D eigenvalue weighted by atomic mass is 9.97. The molecular formula is C12H26ClNO. The monoisotopic (exact) mass is 235 g/mol. The predicted molar refractivity (Wildman–Crippen MR) is 68.2 cm³/mol. The van der Waals surface area contributed by atoms with Crippen LogP contribution in [0, 0.1) is 5.92 Å². The molecule has 3 heteroatoms. The second-order valence-corrected chi connectivity index (χ2v) is 4.06. The number of carbonyl (C=O) groups is 1. The largest absolute Gasteiger partial charge is 0.369 e. The number of rotatable bonds is 9. The van der Waals surface area contributed by atoms with E-state index in [9.17, 15) is 4.79 Å². The Morgan fingerprint density at radius 1 is 1.07 bits per heavy atom. The molecule has 0 saturated carbocycles. The Morgan fingerprint density at radius 3 is 2.07 bits per heavy atom. The summed E-state index contributed by atoms with van der Waals surface area (Å²) in [5.41, 5.74) is 5.27. The van der Waals surface area contributed by atoms with Crippen LogP contribution in [0.3, 0.4) is 0 Å². The molecule has 0 heterocycles. The fraction of sp³-hybridized carbons (Fsp3) is 0.917. The van der Waals surface area contributed by atoms with Crippen molar-refractivity contribution < 1.29 is 4.79 Å². The minimum absolute atomic E-state index is 0. The maximum absolute atomic E-state index is 10.9. The summed E-state index contributed by atoms with van der Waals surface area (Å²) in [5.74, 6) is -0.0118. The third-order valence-corrected chi connectivity index (χ3v) is 2.80. The number of nitrogens with two attached hydrogens (primary N) is 1. The average Bonchev–Trinajstić information content (AvgIpc) is 2.16. The van der Waals surface area contributed by atoms with E-state index in [0.29, 0.717) is 0 Å². The molecule has 0 spiro atoms. The van der Waals surface area contributed by atoms with Crippen molar-refractivity contribution >= 4 is 18.3 Å². The van der Waals surface area contributed by atoms with Gasteiger partial charge in [0.1, 0.15) is 0 Å². The molecule has 1 unspecified atom stereocenters. The van der Waals surface area contributed by atoms with E-state index in [1.54, 1.807) is 0 Å². The van der Waals surface area contributed by atoms with Crippen molar-refractivity contribution in [2.75, 3.05) is 0 Å². The van der Waals surface area contributed by atoms with Crippen molar-refractivity contribution in [2.24, 2.45) is 11.7 Å². The van der Waals surface area contributed by atoms with Gasteiger partial charge >= 0.3 is 0 Å². The van der Waals surface area contributed by atoms with Crippen LogP contribution in [0.25, 0.3) is 0 Å². The predicted octanol–water partition coefficient (Wildman–Crippen LogP) is 3.67. The van der Waals surface area contributed by atoms with E-state index in [1.165, 1.54) is 32.1 Å². The van der Waals surface area contributed by atoms with E-state index in [0.717, 1.165) is 19.3 Å². The summed E-state index contributed by atoms with van der Waals surface area (Å²) in [6, 6.07) is 0. The fourth-order valence-electron chi connectivity index (χ4n) is 1.72. The first-order valence-electron chi connectivity index (χ1n) is 6.01. The Labute approximate surface area is 100 Å². The second kappa shape index (κ2) is 11.8. The first kappa shape index (κ1) is 17.2. The molecule has 2 nitrogen and oxygen atoms in total.